The molecule has 3 heteroatoms. The molecule has 0 unspecified atom stereocenters. The molecule has 0 aromatic rings. The Morgan fingerprint density at radius 3 is 2.54 bits per heavy atom. The second kappa shape index (κ2) is 12.2. The SMILES string of the molecule is CCOCCNCCCCCCCl. The lowest BCUT2D eigenvalue weighted by atomic mass is 10.2. The van der Waals surface area contributed by atoms with Gasteiger partial charge >= 0.3 is 0 Å². The molecule has 0 aliphatic carbocycles. The van der Waals surface area contributed by atoms with Crippen LogP contribution >= 0.6 is 11.6 Å². The average Bonchev–Trinajstić information content (AvgIpc) is 2.16. The van der Waals surface area contributed by atoms with Gasteiger partial charge in [0.2, 0.25) is 0 Å². The zero-order valence-electron chi connectivity index (χ0n) is 8.65. The molecule has 0 bridgehead atoms. The quantitative estimate of drug-likeness (QED) is 0.439. The zero-order chi connectivity index (χ0) is 9.78. The molecule has 13 heavy (non-hydrogen) atoms. The molecule has 0 aromatic carbocycles. The molecule has 0 heterocycles. The van der Waals surface area contributed by atoms with Gasteiger partial charge in [-0.3, -0.25) is 0 Å². The van der Waals surface area contributed by atoms with Crippen molar-refractivity contribution in [1.82, 2.24) is 5.32 Å². The summed E-state index contributed by atoms with van der Waals surface area (Å²) in [5.41, 5.74) is 0. The van der Waals surface area contributed by atoms with Crippen LogP contribution in [0, 0.1) is 0 Å². The van der Waals surface area contributed by atoms with E-state index >= 15 is 0 Å². The largest absolute Gasteiger partial charge is 0.380 e. The van der Waals surface area contributed by atoms with E-state index in [-0.39, 0.29) is 0 Å². The number of nitrogens with one attached hydrogen (secondary N) is 1. The molecule has 0 radical (unpaired) electrons. The Hall–Kier alpha value is 0.210. The second-order valence-electron chi connectivity index (χ2n) is 3.05. The van der Waals surface area contributed by atoms with Crippen LogP contribution in [0.2, 0.25) is 0 Å². The molecule has 0 aliphatic heterocycles. The van der Waals surface area contributed by atoms with Crippen molar-refractivity contribution in [3.63, 3.8) is 0 Å². The molecule has 0 aliphatic rings. The number of ether oxygens (including phenoxy) is 1. The standard InChI is InChI=1S/C10H22ClNO/c1-2-13-10-9-12-8-6-4-3-5-7-11/h12H,2-10H2,1H3. The Bertz CT molecular complexity index is 81.0. The maximum atomic E-state index is 5.57. The van der Waals surface area contributed by atoms with Crippen LogP contribution in [0.5, 0.6) is 0 Å². The molecular weight excluding hydrogens is 186 g/mol. The molecule has 0 atom stereocenters. The third-order valence-corrected chi connectivity index (χ3v) is 2.13. The van der Waals surface area contributed by atoms with Crippen LogP contribution in [-0.4, -0.2) is 32.2 Å². The van der Waals surface area contributed by atoms with Crippen LogP contribution in [0.4, 0.5) is 0 Å². The van der Waals surface area contributed by atoms with Gasteiger partial charge in [0.05, 0.1) is 6.61 Å². The van der Waals surface area contributed by atoms with Crippen molar-refractivity contribution in [2.45, 2.75) is 32.6 Å². The molecule has 0 saturated heterocycles. The number of halogens is 1. The predicted molar refractivity (Wildman–Crippen MR) is 58.6 cm³/mol. The van der Waals surface area contributed by atoms with Crippen molar-refractivity contribution in [2.24, 2.45) is 0 Å². The number of alkyl halides is 1. The van der Waals surface area contributed by atoms with Gasteiger partial charge < -0.3 is 10.1 Å². The highest BCUT2D eigenvalue weighted by atomic mass is 35.5. The van der Waals surface area contributed by atoms with Crippen LogP contribution in [0.1, 0.15) is 32.6 Å². The Morgan fingerprint density at radius 1 is 1.08 bits per heavy atom. The van der Waals surface area contributed by atoms with Gasteiger partial charge in [-0.1, -0.05) is 12.8 Å². The van der Waals surface area contributed by atoms with Crippen LogP contribution in [0.25, 0.3) is 0 Å². The molecule has 1 N–H and O–H groups in total. The summed E-state index contributed by atoms with van der Waals surface area (Å²) in [6.45, 7) is 5.75. The van der Waals surface area contributed by atoms with Crippen LogP contribution in [0.15, 0.2) is 0 Å². The molecule has 0 aromatic heterocycles. The first-order valence-corrected chi connectivity index (χ1v) is 5.79. The first-order chi connectivity index (χ1) is 6.41. The lowest BCUT2D eigenvalue weighted by molar-refractivity contribution is 0.149. The van der Waals surface area contributed by atoms with Gasteiger partial charge in [-0.15, -0.1) is 11.6 Å². The molecule has 0 rings (SSSR count). The van der Waals surface area contributed by atoms with E-state index in [0.717, 1.165) is 38.6 Å². The van der Waals surface area contributed by atoms with Gasteiger partial charge in [0.1, 0.15) is 0 Å². The van der Waals surface area contributed by atoms with E-state index in [1.807, 2.05) is 6.92 Å². The van der Waals surface area contributed by atoms with Crippen LogP contribution in [0.3, 0.4) is 0 Å². The molecule has 0 fully saturated rings. The number of hydrogen-bond acceptors (Lipinski definition) is 2. The first kappa shape index (κ1) is 13.2. The minimum Gasteiger partial charge on any atom is -0.380 e. The van der Waals surface area contributed by atoms with Crippen molar-refractivity contribution in [3.05, 3.63) is 0 Å². The highest BCUT2D eigenvalue weighted by molar-refractivity contribution is 6.17. The second-order valence-corrected chi connectivity index (χ2v) is 3.43. The Kier molecular flexibility index (Phi) is 12.4. The zero-order valence-corrected chi connectivity index (χ0v) is 9.41. The normalized spacial score (nSPS) is 10.6. The summed E-state index contributed by atoms with van der Waals surface area (Å²) in [4.78, 5) is 0. The van der Waals surface area contributed by atoms with Crippen LogP contribution in [-0.2, 0) is 4.74 Å². The monoisotopic (exact) mass is 207 g/mol. The molecule has 2 nitrogen and oxygen atoms in total. The Labute approximate surface area is 87.0 Å². The van der Waals surface area contributed by atoms with E-state index in [4.69, 9.17) is 16.3 Å². The van der Waals surface area contributed by atoms with Crippen molar-refractivity contribution in [3.8, 4) is 0 Å². The van der Waals surface area contributed by atoms with Gasteiger partial charge in [-0.2, -0.15) is 0 Å². The average molecular weight is 208 g/mol. The summed E-state index contributed by atoms with van der Waals surface area (Å²) in [5, 5.41) is 3.34. The van der Waals surface area contributed by atoms with E-state index in [2.05, 4.69) is 5.32 Å². The molecule has 80 valence electrons. The van der Waals surface area contributed by atoms with Crippen molar-refractivity contribution in [1.29, 1.82) is 0 Å². The van der Waals surface area contributed by atoms with Crippen molar-refractivity contribution < 1.29 is 4.74 Å². The Balaban J connectivity index is 2.76. The summed E-state index contributed by atoms with van der Waals surface area (Å²) >= 11 is 5.57. The minimum atomic E-state index is 0.803. The number of hydrogen-bond donors (Lipinski definition) is 1. The summed E-state index contributed by atoms with van der Waals surface area (Å²) in [6, 6.07) is 0. The maximum absolute atomic E-state index is 5.57. The molecular formula is C10H22ClNO. The highest BCUT2D eigenvalue weighted by Gasteiger charge is 1.89. The maximum Gasteiger partial charge on any atom is 0.0590 e. The third-order valence-electron chi connectivity index (χ3n) is 1.86. The minimum absolute atomic E-state index is 0.803. The van der Waals surface area contributed by atoms with Gasteiger partial charge in [0.25, 0.3) is 0 Å². The van der Waals surface area contributed by atoms with Crippen LogP contribution < -0.4 is 5.32 Å². The fourth-order valence-corrected chi connectivity index (χ4v) is 1.30. The Morgan fingerprint density at radius 2 is 1.85 bits per heavy atom. The first-order valence-electron chi connectivity index (χ1n) is 5.26. The summed E-state index contributed by atoms with van der Waals surface area (Å²) in [5.74, 6) is 0.803. The molecule has 0 amide bonds. The van der Waals surface area contributed by atoms with E-state index in [1.165, 1.54) is 19.3 Å². The molecule has 0 spiro atoms. The van der Waals surface area contributed by atoms with E-state index < -0.39 is 0 Å². The summed E-state index contributed by atoms with van der Waals surface area (Å²) in [7, 11) is 0. The number of rotatable bonds is 10. The van der Waals surface area contributed by atoms with E-state index in [0.29, 0.717) is 0 Å². The van der Waals surface area contributed by atoms with Gasteiger partial charge in [0.15, 0.2) is 0 Å². The van der Waals surface area contributed by atoms with Gasteiger partial charge in [0, 0.05) is 19.0 Å². The lowest BCUT2D eigenvalue weighted by Crippen LogP contribution is -2.20. The smallest absolute Gasteiger partial charge is 0.0590 e. The number of unbranched alkanes of at least 4 members (excludes halogenated alkanes) is 3. The summed E-state index contributed by atoms with van der Waals surface area (Å²) < 4.78 is 5.20. The summed E-state index contributed by atoms with van der Waals surface area (Å²) in [6.07, 6.45) is 4.95. The van der Waals surface area contributed by atoms with Gasteiger partial charge in [-0.25, -0.2) is 0 Å². The third kappa shape index (κ3) is 12.2. The lowest BCUT2D eigenvalue weighted by Gasteiger charge is -2.04. The molecule has 0 saturated carbocycles. The fraction of sp³-hybridized carbons (Fsp3) is 1.00. The van der Waals surface area contributed by atoms with Crippen molar-refractivity contribution >= 4 is 11.6 Å². The van der Waals surface area contributed by atoms with Crippen molar-refractivity contribution in [2.75, 3.05) is 32.2 Å². The highest BCUT2D eigenvalue weighted by Crippen LogP contribution is 1.99. The van der Waals surface area contributed by atoms with E-state index in [9.17, 15) is 0 Å². The van der Waals surface area contributed by atoms with E-state index in [1.54, 1.807) is 0 Å². The topological polar surface area (TPSA) is 21.3 Å². The fourth-order valence-electron chi connectivity index (χ4n) is 1.11. The predicted octanol–water partition coefficient (Wildman–Crippen LogP) is 2.41. The van der Waals surface area contributed by atoms with Gasteiger partial charge in [-0.05, 0) is 26.3 Å².